The molecule has 1 heterocycles. The molecule has 0 aromatic heterocycles. The third-order valence-corrected chi connectivity index (χ3v) is 6.11. The molecule has 4 rings (SSSR count). The number of halogens is 1. The predicted molar refractivity (Wildman–Crippen MR) is 109 cm³/mol. The predicted octanol–water partition coefficient (Wildman–Crippen LogP) is 4.72. The van der Waals surface area contributed by atoms with E-state index in [-0.39, 0.29) is 11.9 Å². The van der Waals surface area contributed by atoms with Crippen molar-refractivity contribution in [1.29, 1.82) is 0 Å². The molecule has 0 spiro atoms. The van der Waals surface area contributed by atoms with Gasteiger partial charge in [-0.25, -0.2) is 9.18 Å². The van der Waals surface area contributed by atoms with Crippen LogP contribution in [0.5, 0.6) is 0 Å². The van der Waals surface area contributed by atoms with Crippen LogP contribution < -0.4 is 10.6 Å². The summed E-state index contributed by atoms with van der Waals surface area (Å²) in [7, 11) is 0. The maximum atomic E-state index is 13.4. The van der Waals surface area contributed by atoms with Crippen LogP contribution in [0.4, 0.5) is 10.1 Å². The Kier molecular flexibility index (Phi) is 4.77. The van der Waals surface area contributed by atoms with Crippen LogP contribution >= 0.6 is 0 Å². The zero-order valence-corrected chi connectivity index (χ0v) is 16.4. The second-order valence-corrected chi connectivity index (χ2v) is 8.95. The minimum Gasteiger partial charge on any atom is -0.478 e. The fourth-order valence-corrected chi connectivity index (χ4v) is 4.73. The Morgan fingerprint density at radius 1 is 1.29 bits per heavy atom. The third-order valence-electron chi connectivity index (χ3n) is 6.11. The van der Waals surface area contributed by atoms with Crippen LogP contribution in [0.3, 0.4) is 0 Å². The minimum absolute atomic E-state index is 0.203. The van der Waals surface area contributed by atoms with Gasteiger partial charge in [-0.2, -0.15) is 0 Å². The molecular weight excluding hydrogens is 355 g/mol. The fraction of sp³-hybridized carbons (Fsp3) is 0.435. The summed E-state index contributed by atoms with van der Waals surface area (Å²) in [6.07, 6.45) is 9.50. The quantitative estimate of drug-likeness (QED) is 0.690. The molecule has 1 fully saturated rings. The molecule has 1 aliphatic heterocycles. The SMILES string of the molecule is CC1(C)CC(C(NC2=Cc3ccc(F)cc3NC2)C2=CC=C(C(=O)O)CC2)C1. The molecule has 1 saturated carbocycles. The first kappa shape index (κ1) is 18.8. The lowest BCUT2D eigenvalue weighted by atomic mass is 9.60. The molecule has 28 heavy (non-hydrogen) atoms. The van der Waals surface area contributed by atoms with Crippen molar-refractivity contribution in [2.24, 2.45) is 11.3 Å². The van der Waals surface area contributed by atoms with Gasteiger partial charge < -0.3 is 15.7 Å². The molecule has 1 unspecified atom stereocenters. The standard InChI is InChI=1S/C23H27FN2O2/c1-23(2)11-17(12-23)21(14-3-5-15(6-4-14)22(27)28)26-19-9-16-7-8-18(24)10-20(16)25-13-19/h3,5,7-10,17,21,25-26H,4,6,11-13H2,1-2H3,(H,27,28). The molecule has 0 radical (unpaired) electrons. The number of fused-ring (bicyclic) bond motifs is 1. The maximum absolute atomic E-state index is 13.4. The van der Waals surface area contributed by atoms with Gasteiger partial charge in [-0.1, -0.05) is 26.0 Å². The van der Waals surface area contributed by atoms with Gasteiger partial charge in [0.1, 0.15) is 5.82 Å². The van der Waals surface area contributed by atoms with Gasteiger partial charge >= 0.3 is 5.97 Å². The van der Waals surface area contributed by atoms with Gasteiger partial charge in [-0.3, -0.25) is 0 Å². The number of aliphatic carboxylic acids is 1. The van der Waals surface area contributed by atoms with Crippen LogP contribution in [0.2, 0.25) is 0 Å². The Hall–Kier alpha value is -2.56. The van der Waals surface area contributed by atoms with Crippen LogP contribution in [0, 0.1) is 17.2 Å². The summed E-state index contributed by atoms with van der Waals surface area (Å²) in [4.78, 5) is 11.2. The molecule has 0 amide bonds. The smallest absolute Gasteiger partial charge is 0.331 e. The molecule has 0 saturated heterocycles. The van der Waals surface area contributed by atoms with E-state index in [1.54, 1.807) is 12.1 Å². The number of carboxylic acid groups (broad SMARTS) is 1. The number of carboxylic acids is 1. The van der Waals surface area contributed by atoms with Crippen molar-refractivity contribution in [1.82, 2.24) is 5.32 Å². The van der Waals surface area contributed by atoms with Gasteiger partial charge in [0.2, 0.25) is 0 Å². The molecule has 148 valence electrons. The van der Waals surface area contributed by atoms with E-state index in [1.807, 2.05) is 6.08 Å². The van der Waals surface area contributed by atoms with Crippen LogP contribution in [0.25, 0.3) is 6.08 Å². The van der Waals surface area contributed by atoms with E-state index in [0.29, 0.717) is 29.9 Å². The van der Waals surface area contributed by atoms with E-state index in [0.717, 1.165) is 36.2 Å². The number of allylic oxidation sites excluding steroid dienone is 2. The molecule has 3 aliphatic rings. The Morgan fingerprint density at radius 2 is 2.07 bits per heavy atom. The van der Waals surface area contributed by atoms with Gasteiger partial charge in [-0.05, 0) is 72.4 Å². The van der Waals surface area contributed by atoms with Crippen LogP contribution in [0.15, 0.2) is 47.2 Å². The normalized spacial score (nSPS) is 21.9. The summed E-state index contributed by atoms with van der Waals surface area (Å²) in [6, 6.07) is 5.00. The first-order valence-electron chi connectivity index (χ1n) is 9.94. The zero-order valence-electron chi connectivity index (χ0n) is 16.4. The van der Waals surface area contributed by atoms with Crippen molar-refractivity contribution in [3.63, 3.8) is 0 Å². The van der Waals surface area contributed by atoms with E-state index < -0.39 is 5.97 Å². The highest BCUT2D eigenvalue weighted by molar-refractivity contribution is 5.87. The van der Waals surface area contributed by atoms with Crippen molar-refractivity contribution in [3.8, 4) is 0 Å². The zero-order chi connectivity index (χ0) is 19.9. The van der Waals surface area contributed by atoms with Gasteiger partial charge in [0, 0.05) is 17.0 Å². The number of anilines is 1. The summed E-state index contributed by atoms with van der Waals surface area (Å²) in [5.41, 5.74) is 5.00. The average molecular weight is 382 g/mol. The highest BCUT2D eigenvalue weighted by Gasteiger charge is 2.42. The van der Waals surface area contributed by atoms with E-state index in [9.17, 15) is 14.3 Å². The molecule has 2 aliphatic carbocycles. The number of rotatable bonds is 5. The second-order valence-electron chi connectivity index (χ2n) is 8.95. The first-order chi connectivity index (χ1) is 13.3. The summed E-state index contributed by atoms with van der Waals surface area (Å²) in [5.74, 6) is -0.525. The monoisotopic (exact) mass is 382 g/mol. The molecule has 1 aromatic rings. The van der Waals surface area contributed by atoms with E-state index in [1.165, 1.54) is 17.7 Å². The van der Waals surface area contributed by atoms with E-state index in [4.69, 9.17) is 0 Å². The highest BCUT2D eigenvalue weighted by atomic mass is 19.1. The summed E-state index contributed by atoms with van der Waals surface area (Å²) < 4.78 is 13.4. The second kappa shape index (κ2) is 7.12. The van der Waals surface area contributed by atoms with Crippen LogP contribution in [-0.4, -0.2) is 23.7 Å². The Bertz CT molecular complexity index is 890. The van der Waals surface area contributed by atoms with Crippen molar-refractivity contribution < 1.29 is 14.3 Å². The summed E-state index contributed by atoms with van der Waals surface area (Å²) in [5, 5.41) is 16.2. The largest absolute Gasteiger partial charge is 0.478 e. The number of benzene rings is 1. The van der Waals surface area contributed by atoms with Crippen molar-refractivity contribution >= 4 is 17.7 Å². The number of carbonyl (C=O) groups is 1. The number of nitrogens with one attached hydrogen (secondary N) is 2. The van der Waals surface area contributed by atoms with Crippen molar-refractivity contribution in [2.75, 3.05) is 11.9 Å². The molecular formula is C23H27FN2O2. The topological polar surface area (TPSA) is 61.4 Å². The lowest BCUT2D eigenvalue weighted by Gasteiger charge is -2.48. The van der Waals surface area contributed by atoms with Crippen molar-refractivity contribution in [3.05, 3.63) is 58.6 Å². The van der Waals surface area contributed by atoms with E-state index >= 15 is 0 Å². The van der Waals surface area contributed by atoms with Gasteiger partial charge in [-0.15, -0.1) is 0 Å². The Balaban J connectivity index is 1.57. The average Bonchev–Trinajstić information content (AvgIpc) is 2.64. The molecule has 4 nitrogen and oxygen atoms in total. The Morgan fingerprint density at radius 3 is 2.71 bits per heavy atom. The van der Waals surface area contributed by atoms with Crippen LogP contribution in [-0.2, 0) is 4.79 Å². The Labute approximate surface area is 165 Å². The van der Waals surface area contributed by atoms with Crippen molar-refractivity contribution in [2.45, 2.75) is 45.6 Å². The molecule has 1 aromatic carbocycles. The number of hydrogen-bond acceptors (Lipinski definition) is 3. The van der Waals surface area contributed by atoms with Gasteiger partial charge in [0.15, 0.2) is 0 Å². The summed E-state index contributed by atoms with van der Waals surface area (Å²) >= 11 is 0. The highest BCUT2D eigenvalue weighted by Crippen LogP contribution is 2.48. The number of hydrogen-bond donors (Lipinski definition) is 3. The lowest BCUT2D eigenvalue weighted by molar-refractivity contribution is -0.132. The first-order valence-corrected chi connectivity index (χ1v) is 9.94. The fourth-order valence-electron chi connectivity index (χ4n) is 4.73. The minimum atomic E-state index is -0.826. The molecule has 5 heteroatoms. The lowest BCUT2D eigenvalue weighted by Crippen LogP contribution is -2.47. The summed E-state index contributed by atoms with van der Waals surface area (Å²) in [6.45, 7) is 5.22. The third kappa shape index (κ3) is 3.84. The molecule has 1 atom stereocenters. The van der Waals surface area contributed by atoms with E-state index in [2.05, 4.69) is 30.6 Å². The van der Waals surface area contributed by atoms with Gasteiger partial charge in [0.25, 0.3) is 0 Å². The van der Waals surface area contributed by atoms with Crippen LogP contribution in [0.1, 0.15) is 45.1 Å². The molecule has 3 N–H and O–H groups in total. The van der Waals surface area contributed by atoms with Gasteiger partial charge in [0.05, 0.1) is 12.6 Å². The maximum Gasteiger partial charge on any atom is 0.331 e. The molecule has 0 bridgehead atoms.